The lowest BCUT2D eigenvalue weighted by atomic mass is 9.87. The summed E-state index contributed by atoms with van der Waals surface area (Å²) in [5.41, 5.74) is 3.11. The number of benzene rings is 1. The zero-order chi connectivity index (χ0) is 16.4. The average molecular weight is 326 g/mol. The Bertz CT molecular complexity index is 684. The normalized spacial score (nSPS) is 23.0. The van der Waals surface area contributed by atoms with Gasteiger partial charge < -0.3 is 4.52 Å². The van der Waals surface area contributed by atoms with Gasteiger partial charge >= 0.3 is 0 Å². The first-order chi connectivity index (χ1) is 11.8. The van der Waals surface area contributed by atoms with Crippen LogP contribution in [-0.2, 0) is 13.0 Å². The SMILES string of the molecule is Cc1nc(CN2CCCN([C@H]3CCCc4ccccc43)CC2)no1. The van der Waals surface area contributed by atoms with E-state index in [2.05, 4.69) is 44.2 Å². The predicted molar refractivity (Wildman–Crippen MR) is 92.6 cm³/mol. The molecular formula is C19H26N4O. The Hall–Kier alpha value is -1.72. The molecule has 1 atom stereocenters. The minimum atomic E-state index is 0.599. The van der Waals surface area contributed by atoms with E-state index in [9.17, 15) is 0 Å². The summed E-state index contributed by atoms with van der Waals surface area (Å²) in [6.07, 6.45) is 5.05. The molecule has 0 bridgehead atoms. The van der Waals surface area contributed by atoms with Crippen LogP contribution in [0.4, 0.5) is 0 Å². The van der Waals surface area contributed by atoms with Crippen molar-refractivity contribution in [1.29, 1.82) is 0 Å². The Morgan fingerprint density at radius 1 is 1.12 bits per heavy atom. The van der Waals surface area contributed by atoms with Crippen molar-refractivity contribution < 1.29 is 4.52 Å². The standard InChI is InChI=1S/C19H26N4O/c1-15-20-19(21-24-15)14-22-10-5-11-23(13-12-22)18-9-4-7-16-6-2-3-8-17(16)18/h2-3,6,8,18H,4-5,7,9-14H2,1H3/t18-/m0/s1. The molecule has 24 heavy (non-hydrogen) atoms. The number of hydrogen-bond donors (Lipinski definition) is 0. The maximum Gasteiger partial charge on any atom is 0.223 e. The van der Waals surface area contributed by atoms with E-state index in [4.69, 9.17) is 4.52 Å². The van der Waals surface area contributed by atoms with Gasteiger partial charge in [-0.05, 0) is 43.4 Å². The third-order valence-electron chi connectivity index (χ3n) is 5.34. The number of nitrogens with zero attached hydrogens (tertiary/aromatic N) is 4. The molecule has 0 radical (unpaired) electrons. The Morgan fingerprint density at radius 3 is 2.92 bits per heavy atom. The van der Waals surface area contributed by atoms with Crippen molar-refractivity contribution in [2.45, 2.75) is 45.2 Å². The Labute approximate surface area is 143 Å². The first-order valence-corrected chi connectivity index (χ1v) is 9.13. The minimum absolute atomic E-state index is 0.599. The second-order valence-corrected chi connectivity index (χ2v) is 7.00. The molecule has 1 aromatic carbocycles. The molecule has 2 heterocycles. The van der Waals surface area contributed by atoms with E-state index in [0.717, 1.165) is 32.0 Å². The number of aromatic nitrogens is 2. The largest absolute Gasteiger partial charge is 0.340 e. The summed E-state index contributed by atoms with van der Waals surface area (Å²) in [6.45, 7) is 7.13. The summed E-state index contributed by atoms with van der Waals surface area (Å²) in [4.78, 5) is 9.49. The van der Waals surface area contributed by atoms with Crippen molar-refractivity contribution in [2.24, 2.45) is 0 Å². The van der Waals surface area contributed by atoms with Crippen LogP contribution in [0.2, 0.25) is 0 Å². The van der Waals surface area contributed by atoms with E-state index in [1.54, 1.807) is 11.1 Å². The van der Waals surface area contributed by atoms with E-state index >= 15 is 0 Å². The van der Waals surface area contributed by atoms with Gasteiger partial charge in [0.2, 0.25) is 5.89 Å². The molecule has 2 aromatic rings. The third-order valence-corrected chi connectivity index (χ3v) is 5.34. The highest BCUT2D eigenvalue weighted by Crippen LogP contribution is 2.34. The zero-order valence-electron chi connectivity index (χ0n) is 14.4. The highest BCUT2D eigenvalue weighted by molar-refractivity contribution is 5.32. The van der Waals surface area contributed by atoms with Crippen LogP contribution in [-0.4, -0.2) is 46.1 Å². The van der Waals surface area contributed by atoms with Crippen LogP contribution in [0.15, 0.2) is 28.8 Å². The first kappa shape index (κ1) is 15.8. The van der Waals surface area contributed by atoms with Gasteiger partial charge in [0.25, 0.3) is 0 Å². The summed E-state index contributed by atoms with van der Waals surface area (Å²) < 4.78 is 5.09. The lowest BCUT2D eigenvalue weighted by molar-refractivity contribution is 0.179. The van der Waals surface area contributed by atoms with E-state index in [1.807, 2.05) is 6.92 Å². The van der Waals surface area contributed by atoms with Gasteiger partial charge in [0.1, 0.15) is 0 Å². The second-order valence-electron chi connectivity index (χ2n) is 7.00. The van der Waals surface area contributed by atoms with Gasteiger partial charge in [-0.2, -0.15) is 4.98 Å². The molecule has 128 valence electrons. The highest BCUT2D eigenvalue weighted by atomic mass is 16.5. The van der Waals surface area contributed by atoms with Crippen LogP contribution in [0.5, 0.6) is 0 Å². The zero-order valence-corrected chi connectivity index (χ0v) is 14.4. The molecule has 1 aliphatic carbocycles. The maximum atomic E-state index is 5.09. The average Bonchev–Trinajstić information content (AvgIpc) is 2.88. The van der Waals surface area contributed by atoms with Gasteiger partial charge in [-0.15, -0.1) is 0 Å². The van der Waals surface area contributed by atoms with Crippen LogP contribution in [0.25, 0.3) is 0 Å². The van der Waals surface area contributed by atoms with E-state index in [1.165, 1.54) is 32.2 Å². The number of aryl methyl sites for hydroxylation is 2. The Kier molecular flexibility index (Phi) is 4.63. The summed E-state index contributed by atoms with van der Waals surface area (Å²) in [6, 6.07) is 9.62. The van der Waals surface area contributed by atoms with Gasteiger partial charge in [-0.25, -0.2) is 0 Å². The molecule has 1 fully saturated rings. The lowest BCUT2D eigenvalue weighted by Gasteiger charge is -2.35. The third kappa shape index (κ3) is 3.37. The van der Waals surface area contributed by atoms with Crippen LogP contribution in [0.1, 0.15) is 48.1 Å². The molecule has 0 saturated carbocycles. The minimum Gasteiger partial charge on any atom is -0.340 e. The highest BCUT2D eigenvalue weighted by Gasteiger charge is 2.27. The monoisotopic (exact) mass is 326 g/mol. The van der Waals surface area contributed by atoms with Gasteiger partial charge in [0.05, 0.1) is 6.54 Å². The molecule has 1 saturated heterocycles. The van der Waals surface area contributed by atoms with Crippen LogP contribution in [0.3, 0.4) is 0 Å². The molecule has 0 unspecified atom stereocenters. The topological polar surface area (TPSA) is 45.4 Å². The molecule has 0 spiro atoms. The van der Waals surface area contributed by atoms with Crippen molar-refractivity contribution in [3.8, 4) is 0 Å². The molecular weight excluding hydrogens is 300 g/mol. The fourth-order valence-corrected chi connectivity index (χ4v) is 4.17. The second kappa shape index (κ2) is 7.03. The van der Waals surface area contributed by atoms with Crippen molar-refractivity contribution in [1.82, 2.24) is 19.9 Å². The van der Waals surface area contributed by atoms with Gasteiger partial charge in [0, 0.05) is 32.6 Å². The van der Waals surface area contributed by atoms with Crippen molar-refractivity contribution in [2.75, 3.05) is 26.2 Å². The molecule has 4 rings (SSSR count). The summed E-state index contributed by atoms with van der Waals surface area (Å²) >= 11 is 0. The quantitative estimate of drug-likeness (QED) is 0.868. The molecule has 0 amide bonds. The fraction of sp³-hybridized carbons (Fsp3) is 0.579. The summed E-state index contributed by atoms with van der Waals surface area (Å²) in [7, 11) is 0. The Morgan fingerprint density at radius 2 is 2.04 bits per heavy atom. The molecule has 5 heteroatoms. The van der Waals surface area contributed by atoms with E-state index in [-0.39, 0.29) is 0 Å². The molecule has 5 nitrogen and oxygen atoms in total. The smallest absolute Gasteiger partial charge is 0.223 e. The van der Waals surface area contributed by atoms with Gasteiger partial charge in [0.15, 0.2) is 5.82 Å². The molecule has 0 N–H and O–H groups in total. The molecule has 1 aromatic heterocycles. The summed E-state index contributed by atoms with van der Waals surface area (Å²) in [5.74, 6) is 1.46. The first-order valence-electron chi connectivity index (χ1n) is 9.13. The molecule has 2 aliphatic rings. The van der Waals surface area contributed by atoms with Crippen LogP contribution in [0, 0.1) is 6.92 Å². The molecule has 1 aliphatic heterocycles. The van der Waals surface area contributed by atoms with Gasteiger partial charge in [-0.3, -0.25) is 9.80 Å². The maximum absolute atomic E-state index is 5.09. The van der Waals surface area contributed by atoms with E-state index in [0.29, 0.717) is 11.9 Å². The van der Waals surface area contributed by atoms with Crippen LogP contribution >= 0.6 is 0 Å². The van der Waals surface area contributed by atoms with E-state index < -0.39 is 0 Å². The van der Waals surface area contributed by atoms with Crippen molar-refractivity contribution in [3.05, 3.63) is 47.1 Å². The van der Waals surface area contributed by atoms with Crippen molar-refractivity contribution in [3.63, 3.8) is 0 Å². The lowest BCUT2D eigenvalue weighted by Crippen LogP contribution is -2.35. The fourth-order valence-electron chi connectivity index (χ4n) is 4.17. The number of hydrogen-bond acceptors (Lipinski definition) is 5. The van der Waals surface area contributed by atoms with Crippen LogP contribution < -0.4 is 0 Å². The number of fused-ring (bicyclic) bond motifs is 1. The van der Waals surface area contributed by atoms with Crippen molar-refractivity contribution >= 4 is 0 Å². The van der Waals surface area contributed by atoms with Gasteiger partial charge in [-0.1, -0.05) is 29.4 Å². The predicted octanol–water partition coefficient (Wildman–Crippen LogP) is 2.96. The number of rotatable bonds is 3. The Balaban J connectivity index is 1.42. The summed E-state index contributed by atoms with van der Waals surface area (Å²) in [5, 5.41) is 4.04.